The predicted octanol–water partition coefficient (Wildman–Crippen LogP) is 5.08. The van der Waals surface area contributed by atoms with Crippen molar-refractivity contribution in [2.24, 2.45) is 0 Å². The van der Waals surface area contributed by atoms with Gasteiger partial charge in [-0.3, -0.25) is 15.0 Å². The molecule has 1 N–H and O–H groups in total. The topological polar surface area (TPSA) is 80.3 Å². The number of nitrogens with one attached hydrogen (secondary N) is 1. The lowest BCUT2D eigenvalue weighted by Gasteiger charge is -2.21. The smallest absolute Gasteiger partial charge is 0.223 e. The lowest BCUT2D eigenvalue weighted by atomic mass is 9.85. The average molecular weight is 563 g/mol. The van der Waals surface area contributed by atoms with E-state index in [2.05, 4.69) is 13.8 Å². The van der Waals surface area contributed by atoms with Gasteiger partial charge in [-0.2, -0.15) is 0 Å². The van der Waals surface area contributed by atoms with Gasteiger partial charge in [-0.05, 0) is 29.8 Å². The molecule has 1 aromatic heterocycles. The van der Waals surface area contributed by atoms with Crippen LogP contribution in [0.2, 0.25) is 0 Å². The second kappa shape index (κ2) is 10.0. The summed E-state index contributed by atoms with van der Waals surface area (Å²) in [7, 11) is 1.69. The van der Waals surface area contributed by atoms with Crippen LogP contribution in [0.3, 0.4) is 0 Å². The fourth-order valence-corrected chi connectivity index (χ4v) is 4.79. The quantitative estimate of drug-likeness (QED) is 0.332. The molecule has 0 spiro atoms. The van der Waals surface area contributed by atoms with Crippen molar-refractivity contribution < 1.29 is 14.3 Å². The normalized spacial score (nSPS) is 13.5. The van der Waals surface area contributed by atoms with E-state index in [0.717, 1.165) is 22.2 Å². The summed E-state index contributed by atoms with van der Waals surface area (Å²) >= 11 is 0. The van der Waals surface area contributed by atoms with E-state index in [1.165, 1.54) is 11.8 Å². The number of hydrogen-bond donors (Lipinski definition) is 1. The number of Topliss-reactive ketones (excluding diaryl/α,β-unsaturated/α-hetero) is 1. The summed E-state index contributed by atoms with van der Waals surface area (Å²) in [5.74, 6) is 0.393. The molecular weight excluding hydrogens is 532 g/mol. The Morgan fingerprint density at radius 2 is 1.62 bits per heavy atom. The van der Waals surface area contributed by atoms with E-state index >= 15 is 0 Å². The highest BCUT2D eigenvalue weighted by atomic mass is 79.9. The van der Waals surface area contributed by atoms with Crippen LogP contribution in [0.4, 0.5) is 5.69 Å². The Balaban J connectivity index is 0.00000320. The minimum Gasteiger partial charge on any atom is -0.490 e. The van der Waals surface area contributed by atoms with Crippen LogP contribution < -0.4 is 15.3 Å². The maximum absolute atomic E-state index is 13.7. The van der Waals surface area contributed by atoms with Gasteiger partial charge in [0.25, 0.3) is 0 Å². The molecule has 3 aromatic carbocycles. The molecule has 0 unspecified atom stereocenters. The van der Waals surface area contributed by atoms with Crippen LogP contribution in [-0.2, 0) is 23.3 Å². The third kappa shape index (κ3) is 4.73. The molecule has 8 heteroatoms. The highest BCUT2D eigenvalue weighted by Gasteiger charge is 2.36. The van der Waals surface area contributed by atoms with Crippen molar-refractivity contribution in [3.05, 3.63) is 89.0 Å². The Kier molecular flexibility index (Phi) is 7.15. The van der Waals surface area contributed by atoms with Crippen molar-refractivity contribution in [3.63, 3.8) is 0 Å². The zero-order valence-corrected chi connectivity index (χ0v) is 23.2. The lowest BCUT2D eigenvalue weighted by molar-refractivity contribution is -0.116. The molecule has 0 atom stereocenters. The molecule has 192 valence electrons. The van der Waals surface area contributed by atoms with E-state index in [4.69, 9.17) is 10.1 Å². The molecule has 1 aliphatic rings. The number of amides is 1. The van der Waals surface area contributed by atoms with Gasteiger partial charge in [0.15, 0.2) is 5.78 Å². The van der Waals surface area contributed by atoms with Gasteiger partial charge < -0.3 is 18.8 Å². The number of rotatable bonds is 6. The molecule has 0 radical (unpaired) electrons. The van der Waals surface area contributed by atoms with Gasteiger partial charge in [0.2, 0.25) is 11.5 Å². The Morgan fingerprint density at radius 1 is 1.00 bits per heavy atom. The van der Waals surface area contributed by atoms with Gasteiger partial charge in [-0.1, -0.05) is 56.3 Å². The number of hydrogen-bond acceptors (Lipinski definition) is 4. The fourth-order valence-electron chi connectivity index (χ4n) is 4.79. The van der Waals surface area contributed by atoms with Crippen LogP contribution in [0.25, 0.3) is 11.0 Å². The first-order valence-electron chi connectivity index (χ1n) is 12.0. The zero-order chi connectivity index (χ0) is 25.6. The summed E-state index contributed by atoms with van der Waals surface area (Å²) in [6.07, 6.45) is 0. The lowest BCUT2D eigenvalue weighted by Crippen LogP contribution is -2.28. The number of halogens is 1. The SMILES string of the molecule is Br.CC(=O)N(C)c1cc(C(=O)Cn2c(=N)n(Cc3ccccc3)c3ccccc32)cc2c1OCC2(C)C. The number of ether oxygens (including phenoxy) is 1. The van der Waals surface area contributed by atoms with Gasteiger partial charge in [-0.15, -0.1) is 17.0 Å². The maximum Gasteiger partial charge on any atom is 0.223 e. The fraction of sp³-hybridized carbons (Fsp3) is 0.276. The number of carbonyl (C=O) groups is 2. The number of fused-ring (bicyclic) bond motifs is 2. The van der Waals surface area contributed by atoms with Gasteiger partial charge in [0.1, 0.15) is 5.75 Å². The molecule has 1 amide bonds. The van der Waals surface area contributed by atoms with Crippen molar-refractivity contribution in [1.82, 2.24) is 9.13 Å². The second-order valence-electron chi connectivity index (χ2n) is 10.0. The Hall–Kier alpha value is -3.65. The predicted molar refractivity (Wildman–Crippen MR) is 150 cm³/mol. The number of carbonyl (C=O) groups excluding carboxylic acids is 2. The summed E-state index contributed by atoms with van der Waals surface area (Å²) in [5.41, 5.74) is 4.81. The monoisotopic (exact) mass is 562 g/mol. The standard InChI is InChI=1S/C29H30N4O3.BrH/c1-19(34)31(4)25-15-21(14-22-27(25)36-18-29(22,2)3)26(35)17-33-24-13-9-8-12-23(24)32(28(33)30)16-20-10-6-5-7-11-20;/h5-15,30H,16-18H2,1-4H3;1H. The summed E-state index contributed by atoms with van der Waals surface area (Å²) in [4.78, 5) is 27.4. The van der Waals surface area contributed by atoms with Crippen molar-refractivity contribution in [3.8, 4) is 5.75 Å². The van der Waals surface area contributed by atoms with Crippen molar-refractivity contribution >= 4 is 45.4 Å². The zero-order valence-electron chi connectivity index (χ0n) is 21.4. The van der Waals surface area contributed by atoms with Crippen LogP contribution in [0.15, 0.2) is 66.7 Å². The van der Waals surface area contributed by atoms with Gasteiger partial charge in [0.05, 0.1) is 36.4 Å². The highest BCUT2D eigenvalue weighted by Crippen LogP contribution is 2.45. The number of anilines is 1. The molecule has 37 heavy (non-hydrogen) atoms. The first-order valence-corrected chi connectivity index (χ1v) is 12.0. The van der Waals surface area contributed by atoms with Crippen LogP contribution in [-0.4, -0.2) is 34.5 Å². The number of aromatic nitrogens is 2. The molecule has 5 rings (SSSR count). The molecule has 7 nitrogen and oxygen atoms in total. The van der Waals surface area contributed by atoms with Crippen LogP contribution in [0.5, 0.6) is 5.75 Å². The van der Waals surface area contributed by atoms with Gasteiger partial charge in [0, 0.05) is 30.5 Å². The first-order chi connectivity index (χ1) is 17.2. The molecule has 0 saturated heterocycles. The maximum atomic E-state index is 13.7. The van der Waals surface area contributed by atoms with Crippen LogP contribution in [0, 0.1) is 5.41 Å². The van der Waals surface area contributed by atoms with E-state index in [9.17, 15) is 9.59 Å². The summed E-state index contributed by atoms with van der Waals surface area (Å²) in [6, 6.07) is 21.4. The summed E-state index contributed by atoms with van der Waals surface area (Å²) < 4.78 is 9.64. The highest BCUT2D eigenvalue weighted by molar-refractivity contribution is 8.93. The van der Waals surface area contributed by atoms with Gasteiger partial charge in [-0.25, -0.2) is 0 Å². The molecule has 0 saturated carbocycles. The first kappa shape index (κ1) is 26.4. The van der Waals surface area contributed by atoms with E-state index in [0.29, 0.717) is 30.2 Å². The van der Waals surface area contributed by atoms with Crippen LogP contribution in [0.1, 0.15) is 42.3 Å². The second-order valence-corrected chi connectivity index (χ2v) is 10.0. The molecule has 2 heterocycles. The Bertz CT molecular complexity index is 1550. The van der Waals surface area contributed by atoms with Gasteiger partial charge >= 0.3 is 0 Å². The minimum absolute atomic E-state index is 0. The van der Waals surface area contributed by atoms with E-state index < -0.39 is 0 Å². The average Bonchev–Trinajstić information content (AvgIpc) is 3.32. The van der Waals surface area contributed by atoms with E-state index in [-0.39, 0.29) is 46.2 Å². The molecule has 0 fully saturated rings. The molecule has 4 aromatic rings. The molecular formula is C29H31BrN4O3. The Labute approximate surface area is 226 Å². The molecule has 0 aliphatic carbocycles. The number of ketones is 1. The summed E-state index contributed by atoms with van der Waals surface area (Å²) in [6.45, 7) is 6.67. The van der Waals surface area contributed by atoms with Crippen molar-refractivity contribution in [2.45, 2.75) is 39.3 Å². The third-order valence-electron chi connectivity index (χ3n) is 6.99. The van der Waals surface area contributed by atoms with E-state index in [1.807, 2.05) is 65.2 Å². The number of imidazole rings is 1. The van der Waals surface area contributed by atoms with Crippen molar-refractivity contribution in [1.29, 1.82) is 5.41 Å². The minimum atomic E-state index is -0.280. The number of nitrogens with zero attached hydrogens (tertiary/aromatic N) is 3. The number of benzene rings is 3. The molecule has 1 aliphatic heterocycles. The number of para-hydroxylation sites is 2. The van der Waals surface area contributed by atoms with E-state index in [1.54, 1.807) is 17.7 Å². The molecule has 0 bridgehead atoms. The Morgan fingerprint density at radius 3 is 2.27 bits per heavy atom. The van der Waals surface area contributed by atoms with Crippen LogP contribution >= 0.6 is 17.0 Å². The summed E-state index contributed by atoms with van der Waals surface area (Å²) in [5, 5.41) is 8.93. The largest absolute Gasteiger partial charge is 0.490 e. The van der Waals surface area contributed by atoms with Crippen molar-refractivity contribution in [2.75, 3.05) is 18.6 Å². The third-order valence-corrected chi connectivity index (χ3v) is 6.99.